The summed E-state index contributed by atoms with van der Waals surface area (Å²) in [7, 11) is -6.55. The van der Waals surface area contributed by atoms with Crippen LogP contribution in [-0.4, -0.2) is 109 Å². The molecule has 0 spiro atoms. The summed E-state index contributed by atoms with van der Waals surface area (Å²) in [6.45, 7) is 1.33. The van der Waals surface area contributed by atoms with Crippen molar-refractivity contribution in [1.82, 2.24) is 25.8 Å². The molecule has 2 atom stereocenters. The predicted octanol–water partition coefficient (Wildman–Crippen LogP) is 0.496. The number of amides is 7. The van der Waals surface area contributed by atoms with Crippen LogP contribution < -0.4 is 31.2 Å². The van der Waals surface area contributed by atoms with E-state index in [0.29, 0.717) is 0 Å². The Balaban J connectivity index is 1.25. The molecule has 0 radical (unpaired) electrons. The molecule has 0 bridgehead atoms. The molecule has 10 N–H and O–H groups in total. The standard InChI is InChI=1S/C31H33BFN6O13P/c1-15-20(8-9-21(40)25(15)41)35-29(45)34-10-11-38-12-13-39(31(38)47)30(46)37-24(16-2-5-18(6-3-16)53(49,50)51)27(42)36-22-14-17-4-7-19(33)23(28(43)44)26(17)52-32(22)48/h2-9,22,24,40-41,48H,10-14H2,1H3,(H,36,42)(H,37,46)(H,43,44)(H2,34,35,45)(H2,49,50,51)/t22-,24?/m0/s1. The second kappa shape index (κ2) is 15.4. The molecule has 7 amide bonds. The number of nitrogens with one attached hydrogen (secondary N) is 4. The smallest absolute Gasteiger partial charge is 0.534 e. The molecule has 3 aromatic rings. The number of carbonyl (C=O) groups is 5. The maximum Gasteiger partial charge on any atom is 0.547 e. The SMILES string of the molecule is Cc1c(NC(=O)NCCN2CCN(C(=O)NC(C(=O)N[C@H]3Cc4ccc(F)c(C(=O)O)c4OB3O)c3ccc(P(=O)(O)O)cc3)C2=O)ccc(O)c1O. The summed E-state index contributed by atoms with van der Waals surface area (Å²) < 4.78 is 31.2. The van der Waals surface area contributed by atoms with E-state index in [1.54, 1.807) is 0 Å². The van der Waals surface area contributed by atoms with Crippen molar-refractivity contribution in [2.24, 2.45) is 0 Å². The number of carbonyl (C=O) groups excluding carboxylic acids is 4. The lowest BCUT2D eigenvalue weighted by molar-refractivity contribution is -0.123. The monoisotopic (exact) mass is 758 g/mol. The van der Waals surface area contributed by atoms with Gasteiger partial charge in [-0.1, -0.05) is 18.2 Å². The molecule has 0 aromatic heterocycles. The van der Waals surface area contributed by atoms with E-state index in [2.05, 4.69) is 21.3 Å². The third kappa shape index (κ3) is 8.44. The van der Waals surface area contributed by atoms with Gasteiger partial charge in [0.1, 0.15) is 23.2 Å². The molecular weight excluding hydrogens is 725 g/mol. The third-order valence-electron chi connectivity index (χ3n) is 8.51. The average molecular weight is 758 g/mol. The highest BCUT2D eigenvalue weighted by Crippen LogP contribution is 2.35. The number of phenols is 2. The number of carboxylic acid groups (broad SMARTS) is 1. The Morgan fingerprint density at radius 1 is 1.06 bits per heavy atom. The normalized spacial score (nSPS) is 16.0. The zero-order valence-corrected chi connectivity index (χ0v) is 28.5. The molecule has 3 aromatic carbocycles. The molecular formula is C31H33BFN6O13P. The lowest BCUT2D eigenvalue weighted by atomic mass is 9.72. The summed E-state index contributed by atoms with van der Waals surface area (Å²) in [5.74, 6) is -6.14. The summed E-state index contributed by atoms with van der Waals surface area (Å²) in [6, 6.07) is 5.01. The van der Waals surface area contributed by atoms with Crippen LogP contribution in [0.1, 0.15) is 33.1 Å². The summed E-state index contributed by atoms with van der Waals surface area (Å²) in [4.78, 5) is 85.3. The number of fused-ring (bicyclic) bond motifs is 1. The highest BCUT2D eigenvalue weighted by molar-refractivity contribution is 7.60. The number of anilines is 1. The largest absolute Gasteiger partial charge is 0.547 e. The molecule has 19 nitrogen and oxygen atoms in total. The number of imide groups is 1. The summed E-state index contributed by atoms with van der Waals surface area (Å²) in [5, 5.41) is 49.0. The van der Waals surface area contributed by atoms with Gasteiger partial charge in [-0.15, -0.1) is 0 Å². The summed E-state index contributed by atoms with van der Waals surface area (Å²) in [6.07, 6.45) is -0.219. The van der Waals surface area contributed by atoms with Crippen molar-refractivity contribution in [3.8, 4) is 17.2 Å². The first-order valence-electron chi connectivity index (χ1n) is 15.8. The van der Waals surface area contributed by atoms with Crippen LogP contribution in [0.3, 0.4) is 0 Å². The first kappa shape index (κ1) is 38.3. The number of aromatic hydroxyl groups is 2. The minimum atomic E-state index is -4.69. The van der Waals surface area contributed by atoms with Crippen molar-refractivity contribution in [2.45, 2.75) is 25.3 Å². The Bertz CT molecular complexity index is 2020. The number of halogens is 1. The van der Waals surface area contributed by atoms with Gasteiger partial charge in [0, 0.05) is 37.4 Å². The fraction of sp³-hybridized carbons (Fsp3) is 0.258. The fourth-order valence-corrected chi connectivity index (χ4v) is 6.20. The van der Waals surface area contributed by atoms with E-state index < -0.39 is 79.5 Å². The van der Waals surface area contributed by atoms with E-state index in [9.17, 15) is 63.1 Å². The van der Waals surface area contributed by atoms with E-state index in [1.165, 1.54) is 42.2 Å². The zero-order chi connectivity index (χ0) is 38.8. The highest BCUT2D eigenvalue weighted by Gasteiger charge is 2.41. The molecule has 2 aliphatic heterocycles. The van der Waals surface area contributed by atoms with Crippen LogP contribution in [0.5, 0.6) is 17.2 Å². The van der Waals surface area contributed by atoms with Gasteiger partial charge in [-0.25, -0.2) is 28.5 Å². The molecule has 1 saturated heterocycles. The predicted molar refractivity (Wildman–Crippen MR) is 182 cm³/mol. The zero-order valence-electron chi connectivity index (χ0n) is 27.6. The van der Waals surface area contributed by atoms with E-state index in [4.69, 9.17) is 4.65 Å². The molecule has 1 fully saturated rings. The quantitative estimate of drug-likeness (QED) is 0.0584. The molecule has 2 aliphatic rings. The van der Waals surface area contributed by atoms with Crippen molar-refractivity contribution < 1.29 is 67.7 Å². The summed E-state index contributed by atoms with van der Waals surface area (Å²) in [5.41, 5.74) is -0.191. The Morgan fingerprint density at radius 2 is 1.75 bits per heavy atom. The van der Waals surface area contributed by atoms with Gasteiger partial charge < -0.3 is 61.0 Å². The average Bonchev–Trinajstić information content (AvgIpc) is 3.47. The van der Waals surface area contributed by atoms with Crippen LogP contribution in [0.15, 0.2) is 48.5 Å². The highest BCUT2D eigenvalue weighted by atomic mass is 31.2. The first-order valence-corrected chi connectivity index (χ1v) is 17.4. The van der Waals surface area contributed by atoms with Gasteiger partial charge in [0.25, 0.3) is 0 Å². The van der Waals surface area contributed by atoms with E-state index >= 15 is 0 Å². The number of benzene rings is 3. The topological polar surface area (TPSA) is 288 Å². The van der Waals surface area contributed by atoms with Crippen molar-refractivity contribution in [2.75, 3.05) is 31.5 Å². The van der Waals surface area contributed by atoms with Gasteiger partial charge in [0.15, 0.2) is 11.5 Å². The van der Waals surface area contributed by atoms with Crippen molar-refractivity contribution in [3.05, 3.63) is 76.6 Å². The molecule has 5 rings (SSSR count). The Hall–Kier alpha value is -5.89. The van der Waals surface area contributed by atoms with Gasteiger partial charge in [0.2, 0.25) is 5.91 Å². The minimum absolute atomic E-state index is 0.0193. The lowest BCUT2D eigenvalue weighted by Crippen LogP contribution is -2.56. The van der Waals surface area contributed by atoms with Gasteiger partial charge in [-0.3, -0.25) is 9.36 Å². The van der Waals surface area contributed by atoms with Crippen LogP contribution in [0.4, 0.5) is 24.5 Å². The number of phenolic OH excluding ortho intramolecular Hbond substituents is 2. The van der Waals surface area contributed by atoms with E-state index in [-0.39, 0.29) is 66.0 Å². The number of rotatable bonds is 10. The molecule has 1 unspecified atom stereocenters. The molecule has 2 heterocycles. The third-order valence-corrected chi connectivity index (χ3v) is 9.48. The van der Waals surface area contributed by atoms with Gasteiger partial charge in [0.05, 0.1) is 11.2 Å². The molecule has 53 heavy (non-hydrogen) atoms. The summed E-state index contributed by atoms with van der Waals surface area (Å²) >= 11 is 0. The van der Waals surface area contributed by atoms with Crippen molar-refractivity contribution in [1.29, 1.82) is 0 Å². The van der Waals surface area contributed by atoms with Crippen molar-refractivity contribution in [3.63, 3.8) is 0 Å². The Morgan fingerprint density at radius 3 is 2.42 bits per heavy atom. The van der Waals surface area contributed by atoms with Gasteiger partial charge in [-0.2, -0.15) is 0 Å². The number of aromatic carboxylic acids is 1. The van der Waals surface area contributed by atoms with Crippen molar-refractivity contribution >= 4 is 55.7 Å². The Labute approximate surface area is 299 Å². The second-order valence-electron chi connectivity index (χ2n) is 12.0. The molecule has 0 aliphatic carbocycles. The van der Waals surface area contributed by atoms with E-state index in [1.807, 2.05) is 0 Å². The van der Waals surface area contributed by atoms with Gasteiger partial charge >= 0.3 is 38.8 Å². The van der Waals surface area contributed by atoms with Crippen LogP contribution in [-0.2, 0) is 15.8 Å². The number of hydrogen-bond acceptors (Lipinski definition) is 10. The lowest BCUT2D eigenvalue weighted by Gasteiger charge is -2.30. The van der Waals surface area contributed by atoms with Crippen LogP contribution in [0, 0.1) is 12.7 Å². The van der Waals surface area contributed by atoms with Crippen LogP contribution >= 0.6 is 7.60 Å². The maximum atomic E-state index is 14.2. The van der Waals surface area contributed by atoms with Crippen LogP contribution in [0.25, 0.3) is 0 Å². The first-order chi connectivity index (χ1) is 25.0. The molecule has 0 saturated carbocycles. The van der Waals surface area contributed by atoms with Gasteiger partial charge in [-0.05, 0) is 54.8 Å². The Kier molecular flexibility index (Phi) is 11.1. The number of nitrogens with zero attached hydrogens (tertiary/aromatic N) is 2. The number of carboxylic acids is 1. The van der Waals surface area contributed by atoms with E-state index in [0.717, 1.165) is 23.1 Å². The van der Waals surface area contributed by atoms with Crippen LogP contribution in [0.2, 0.25) is 0 Å². The number of urea groups is 3. The molecule has 280 valence electrons. The number of hydrogen-bond donors (Lipinski definition) is 10. The maximum absolute atomic E-state index is 14.2. The second-order valence-corrected chi connectivity index (χ2v) is 13.6. The minimum Gasteiger partial charge on any atom is -0.534 e. The fourth-order valence-electron chi connectivity index (χ4n) is 5.66. The molecule has 22 heteroatoms.